The molecule has 1 aromatic heterocycles. The predicted molar refractivity (Wildman–Crippen MR) is 121 cm³/mol. The van der Waals surface area contributed by atoms with Gasteiger partial charge in [0.25, 0.3) is 0 Å². The van der Waals surface area contributed by atoms with Crippen LogP contribution in [0.15, 0.2) is 77.7 Å². The number of methoxy groups -OCH3 is 2. The van der Waals surface area contributed by atoms with Crippen molar-refractivity contribution in [2.45, 2.75) is 13.5 Å². The molecule has 5 heteroatoms. The molecule has 0 fully saturated rings. The van der Waals surface area contributed by atoms with Crippen molar-refractivity contribution in [2.75, 3.05) is 14.2 Å². The number of fused-ring (bicyclic) bond motifs is 1. The van der Waals surface area contributed by atoms with Crippen LogP contribution >= 0.6 is 0 Å². The van der Waals surface area contributed by atoms with Gasteiger partial charge >= 0.3 is 0 Å². The number of rotatable bonds is 6. The topological polar surface area (TPSA) is 57.5 Å². The van der Waals surface area contributed by atoms with Gasteiger partial charge in [-0.15, -0.1) is 0 Å². The quantitative estimate of drug-likeness (QED) is 0.433. The van der Waals surface area contributed by atoms with Crippen LogP contribution in [0, 0.1) is 6.92 Å². The van der Waals surface area contributed by atoms with Crippen LogP contribution in [0.4, 0.5) is 0 Å². The van der Waals surface area contributed by atoms with Crippen LogP contribution in [0.1, 0.15) is 27.0 Å². The summed E-state index contributed by atoms with van der Waals surface area (Å²) in [4.78, 5) is 26.4. The lowest BCUT2D eigenvalue weighted by molar-refractivity contribution is 0.103. The molecule has 156 valence electrons. The summed E-state index contributed by atoms with van der Waals surface area (Å²) in [5.74, 6) is 1.13. The number of pyridine rings is 1. The molecule has 4 rings (SSSR count). The van der Waals surface area contributed by atoms with Crippen molar-refractivity contribution in [3.8, 4) is 11.5 Å². The summed E-state index contributed by atoms with van der Waals surface area (Å²) in [5, 5.41) is 0.535. The zero-order chi connectivity index (χ0) is 22.0. The summed E-state index contributed by atoms with van der Waals surface area (Å²) in [6.45, 7) is 2.46. The molecular formula is C26H23NO4. The molecule has 0 aliphatic heterocycles. The van der Waals surface area contributed by atoms with Gasteiger partial charge in [-0.25, -0.2) is 0 Å². The predicted octanol–water partition coefficient (Wildman–Crippen LogP) is 4.61. The number of carbonyl (C=O) groups excluding carboxylic acids is 1. The van der Waals surface area contributed by atoms with E-state index in [0.29, 0.717) is 23.2 Å². The van der Waals surface area contributed by atoms with E-state index in [1.165, 1.54) is 0 Å². The number of benzene rings is 3. The van der Waals surface area contributed by atoms with E-state index < -0.39 is 0 Å². The van der Waals surface area contributed by atoms with Crippen LogP contribution in [-0.4, -0.2) is 24.6 Å². The molecule has 0 unspecified atom stereocenters. The lowest BCUT2D eigenvalue weighted by Gasteiger charge is -2.14. The summed E-state index contributed by atoms with van der Waals surface area (Å²) < 4.78 is 12.4. The molecule has 31 heavy (non-hydrogen) atoms. The number of ether oxygens (including phenoxy) is 2. The number of hydrogen-bond acceptors (Lipinski definition) is 4. The average Bonchev–Trinajstić information content (AvgIpc) is 2.81. The van der Waals surface area contributed by atoms with Crippen molar-refractivity contribution in [3.05, 3.63) is 105 Å². The summed E-state index contributed by atoms with van der Waals surface area (Å²) in [6.07, 6.45) is 1.66. The maximum Gasteiger partial charge on any atom is 0.200 e. The van der Waals surface area contributed by atoms with Gasteiger partial charge in [-0.2, -0.15) is 0 Å². The van der Waals surface area contributed by atoms with E-state index >= 15 is 0 Å². The third-order valence-corrected chi connectivity index (χ3v) is 5.34. The van der Waals surface area contributed by atoms with Crippen LogP contribution in [0.2, 0.25) is 0 Å². The number of aromatic nitrogens is 1. The summed E-state index contributed by atoms with van der Waals surface area (Å²) in [6, 6.07) is 20.3. The van der Waals surface area contributed by atoms with E-state index in [-0.39, 0.29) is 16.8 Å². The fourth-order valence-corrected chi connectivity index (χ4v) is 3.63. The Morgan fingerprint density at radius 3 is 2.10 bits per heavy atom. The van der Waals surface area contributed by atoms with Crippen LogP contribution in [0.3, 0.4) is 0 Å². The zero-order valence-corrected chi connectivity index (χ0v) is 17.7. The van der Waals surface area contributed by atoms with Gasteiger partial charge in [-0.3, -0.25) is 9.59 Å². The molecule has 0 radical (unpaired) electrons. The Hall–Kier alpha value is -3.86. The molecular weight excluding hydrogens is 390 g/mol. The molecule has 0 atom stereocenters. The lowest BCUT2D eigenvalue weighted by Crippen LogP contribution is -2.20. The van der Waals surface area contributed by atoms with E-state index in [2.05, 4.69) is 0 Å². The Morgan fingerprint density at radius 2 is 1.48 bits per heavy atom. The van der Waals surface area contributed by atoms with Gasteiger partial charge in [0.15, 0.2) is 5.78 Å². The number of hydrogen-bond donors (Lipinski definition) is 0. The van der Waals surface area contributed by atoms with E-state index in [4.69, 9.17) is 9.47 Å². The molecule has 1 heterocycles. The first-order valence-electron chi connectivity index (χ1n) is 9.95. The molecule has 0 amide bonds. The second-order valence-corrected chi connectivity index (χ2v) is 7.43. The third kappa shape index (κ3) is 4.08. The second kappa shape index (κ2) is 8.48. The monoisotopic (exact) mass is 413 g/mol. The van der Waals surface area contributed by atoms with Gasteiger partial charge in [0.05, 0.1) is 25.3 Å². The number of aryl methyl sites for hydroxylation is 1. The Balaban J connectivity index is 1.83. The van der Waals surface area contributed by atoms with Crippen LogP contribution in [0.25, 0.3) is 10.9 Å². The largest absolute Gasteiger partial charge is 0.497 e. The van der Waals surface area contributed by atoms with E-state index in [1.807, 2.05) is 54.0 Å². The molecule has 0 aliphatic rings. The molecule has 5 nitrogen and oxygen atoms in total. The standard InChI is InChI=1S/C26H23NO4/c1-17-4-13-24-22(14-17)26(29)23(25(28)19-7-11-21(31-3)12-8-19)16-27(24)15-18-5-9-20(30-2)10-6-18/h4-14,16H,15H2,1-3H3. The highest BCUT2D eigenvalue weighted by atomic mass is 16.5. The summed E-state index contributed by atoms with van der Waals surface area (Å²) in [7, 11) is 3.20. The van der Waals surface area contributed by atoms with Gasteiger partial charge in [0, 0.05) is 23.7 Å². The minimum absolute atomic E-state index is 0.150. The van der Waals surface area contributed by atoms with Crippen molar-refractivity contribution >= 4 is 16.7 Å². The number of ketones is 1. The molecule has 0 saturated heterocycles. The van der Waals surface area contributed by atoms with E-state index in [9.17, 15) is 9.59 Å². The van der Waals surface area contributed by atoms with Gasteiger partial charge in [0.1, 0.15) is 11.5 Å². The van der Waals surface area contributed by atoms with Crippen LogP contribution in [-0.2, 0) is 6.54 Å². The highest BCUT2D eigenvalue weighted by Crippen LogP contribution is 2.20. The van der Waals surface area contributed by atoms with Gasteiger partial charge < -0.3 is 14.0 Å². The molecule has 3 aromatic carbocycles. The van der Waals surface area contributed by atoms with Crippen molar-refractivity contribution in [3.63, 3.8) is 0 Å². The molecule has 0 aliphatic carbocycles. The minimum Gasteiger partial charge on any atom is -0.497 e. The van der Waals surface area contributed by atoms with Crippen molar-refractivity contribution < 1.29 is 14.3 Å². The van der Waals surface area contributed by atoms with Gasteiger partial charge in [0.2, 0.25) is 5.43 Å². The second-order valence-electron chi connectivity index (χ2n) is 7.43. The van der Waals surface area contributed by atoms with Gasteiger partial charge in [-0.1, -0.05) is 23.8 Å². The van der Waals surface area contributed by atoms with Gasteiger partial charge in [-0.05, 0) is 61.0 Å². The Bertz CT molecular complexity index is 1300. The smallest absolute Gasteiger partial charge is 0.200 e. The molecule has 0 spiro atoms. The van der Waals surface area contributed by atoms with Crippen molar-refractivity contribution in [1.82, 2.24) is 4.57 Å². The van der Waals surface area contributed by atoms with E-state index in [1.54, 1.807) is 44.7 Å². The van der Waals surface area contributed by atoms with E-state index in [0.717, 1.165) is 22.4 Å². The molecule has 0 bridgehead atoms. The Morgan fingerprint density at radius 1 is 0.871 bits per heavy atom. The normalized spacial score (nSPS) is 10.8. The fraction of sp³-hybridized carbons (Fsp3) is 0.154. The minimum atomic E-state index is -0.306. The van der Waals surface area contributed by atoms with Crippen molar-refractivity contribution in [2.24, 2.45) is 0 Å². The maximum absolute atomic E-state index is 13.2. The number of nitrogens with zero attached hydrogens (tertiary/aromatic N) is 1. The van der Waals surface area contributed by atoms with Crippen molar-refractivity contribution in [1.29, 1.82) is 0 Å². The average molecular weight is 413 g/mol. The fourth-order valence-electron chi connectivity index (χ4n) is 3.63. The number of carbonyl (C=O) groups is 1. The SMILES string of the molecule is COc1ccc(Cn2cc(C(=O)c3ccc(OC)cc3)c(=O)c3cc(C)ccc32)cc1. The highest BCUT2D eigenvalue weighted by Gasteiger charge is 2.17. The lowest BCUT2D eigenvalue weighted by atomic mass is 10.0. The maximum atomic E-state index is 13.2. The third-order valence-electron chi connectivity index (χ3n) is 5.34. The first kappa shape index (κ1) is 20.4. The molecule has 4 aromatic rings. The Kier molecular flexibility index (Phi) is 5.58. The first-order valence-corrected chi connectivity index (χ1v) is 9.95. The molecule has 0 N–H and O–H groups in total. The van der Waals surface area contributed by atoms with Crippen LogP contribution in [0.5, 0.6) is 11.5 Å². The highest BCUT2D eigenvalue weighted by molar-refractivity contribution is 6.10. The summed E-state index contributed by atoms with van der Waals surface area (Å²) >= 11 is 0. The summed E-state index contributed by atoms with van der Waals surface area (Å²) in [5.41, 5.74) is 3.13. The first-order chi connectivity index (χ1) is 15.0. The molecule has 0 saturated carbocycles. The zero-order valence-electron chi connectivity index (χ0n) is 17.7. The van der Waals surface area contributed by atoms with Crippen LogP contribution < -0.4 is 14.9 Å². The Labute approximate surface area is 180 Å².